The minimum absolute atomic E-state index is 0.0124. The van der Waals surface area contributed by atoms with Crippen molar-refractivity contribution >= 4 is 34.3 Å². The number of hydrogen-bond acceptors (Lipinski definition) is 15. The predicted octanol–water partition coefficient (Wildman–Crippen LogP) is 8.23. The van der Waals surface area contributed by atoms with Crippen LogP contribution in [0.15, 0.2) is 76.5 Å². The third-order valence-corrected chi connectivity index (χ3v) is 22.7. The average Bonchev–Trinajstić information content (AvgIpc) is 4.15. The van der Waals surface area contributed by atoms with E-state index in [1.165, 1.54) is 26.8 Å². The standard InChI is InChI=1S/C37H55NO10SSi.C17H27NO5S/c1-36(2,3)50(6,7)47-18-16-37(4,5)24-38(49(41,42)28-13-14-31-32(21-28)46-25-45-31)22-30(39)27(19-26-11-9-8-10-12-26)20-34(40)48-33-23-44-35-29(33)15-17-43-35;1-13(2)10-18(11-17(3,4)7-8-19)24(20,21)14-5-6-15-16(9-14)23-12-22-15/h8-14,21,27,29-30,33,35,39H,15-20,22-25H2,1-7H3;5-6,9,13,19H,7-8,10-12H2,1-4H3/t27-,29+,30-,33+,35-;/m1./s1. The van der Waals surface area contributed by atoms with E-state index in [0.717, 1.165) is 12.0 Å². The number of sulfonamides is 2. The number of carbonyl (C=O) groups is 1. The van der Waals surface area contributed by atoms with Crippen molar-refractivity contribution in [3.05, 3.63) is 72.3 Å². The van der Waals surface area contributed by atoms with Crippen LogP contribution in [0.3, 0.4) is 0 Å². The van der Waals surface area contributed by atoms with Gasteiger partial charge in [0.1, 0.15) is 6.10 Å². The van der Waals surface area contributed by atoms with Gasteiger partial charge in [-0.05, 0) is 90.4 Å². The van der Waals surface area contributed by atoms with Gasteiger partial charge in [-0.1, -0.05) is 92.6 Å². The Bertz CT molecular complexity index is 2550. The summed E-state index contributed by atoms with van der Waals surface area (Å²) in [5, 5.41) is 21.2. The van der Waals surface area contributed by atoms with Crippen LogP contribution in [0.5, 0.6) is 23.0 Å². The molecule has 74 heavy (non-hydrogen) atoms. The molecule has 3 aromatic rings. The first-order valence-corrected chi connectivity index (χ1v) is 31.6. The molecule has 4 aliphatic heterocycles. The molecule has 20 heteroatoms. The van der Waals surface area contributed by atoms with E-state index in [0.29, 0.717) is 68.6 Å². The lowest BCUT2D eigenvalue weighted by atomic mass is 9.88. The normalized spacial score (nSPS) is 19.6. The number of fused-ring (bicyclic) bond motifs is 3. The maximum Gasteiger partial charge on any atom is 0.306 e. The summed E-state index contributed by atoms with van der Waals surface area (Å²) >= 11 is 0. The second-order valence-electron chi connectivity index (χ2n) is 23.5. The Hall–Kier alpha value is -3.83. The Balaban J connectivity index is 0.000000310. The monoisotopic (exact) mass is 1090 g/mol. The molecule has 2 fully saturated rings. The lowest BCUT2D eigenvalue weighted by molar-refractivity contribution is -0.153. The summed E-state index contributed by atoms with van der Waals surface area (Å²) in [4.78, 5) is 13.6. The smallest absolute Gasteiger partial charge is 0.306 e. The van der Waals surface area contributed by atoms with Crippen LogP contribution in [0.2, 0.25) is 18.1 Å². The number of ether oxygens (including phenoxy) is 7. The maximum absolute atomic E-state index is 14.4. The minimum Gasteiger partial charge on any atom is -0.459 e. The third-order valence-electron chi connectivity index (χ3n) is 14.6. The zero-order valence-electron chi connectivity index (χ0n) is 45.3. The van der Waals surface area contributed by atoms with Gasteiger partial charge in [0.25, 0.3) is 0 Å². The van der Waals surface area contributed by atoms with E-state index in [1.807, 2.05) is 71.9 Å². The van der Waals surface area contributed by atoms with Crippen LogP contribution >= 0.6 is 0 Å². The van der Waals surface area contributed by atoms with Crippen LogP contribution in [0.1, 0.15) is 93.6 Å². The van der Waals surface area contributed by atoms with Crippen molar-refractivity contribution in [2.45, 2.75) is 141 Å². The lowest BCUT2D eigenvalue weighted by Crippen LogP contribution is -2.46. The summed E-state index contributed by atoms with van der Waals surface area (Å²) in [7, 11) is -9.80. The molecule has 414 valence electrons. The van der Waals surface area contributed by atoms with E-state index < -0.39 is 57.9 Å². The van der Waals surface area contributed by atoms with Gasteiger partial charge in [-0.25, -0.2) is 16.8 Å². The second-order valence-corrected chi connectivity index (χ2v) is 32.1. The molecule has 0 bridgehead atoms. The summed E-state index contributed by atoms with van der Waals surface area (Å²) in [5.74, 6) is 0.939. The molecule has 3 aromatic carbocycles. The molecular weight excluding hydrogens is 1010 g/mol. The molecule has 0 unspecified atom stereocenters. The van der Waals surface area contributed by atoms with Crippen molar-refractivity contribution in [2.75, 3.05) is 66.2 Å². The lowest BCUT2D eigenvalue weighted by Gasteiger charge is -2.38. The Labute approximate surface area is 441 Å². The summed E-state index contributed by atoms with van der Waals surface area (Å²) < 4.78 is 103. The zero-order valence-corrected chi connectivity index (χ0v) is 48.0. The molecule has 0 aliphatic carbocycles. The summed E-state index contributed by atoms with van der Waals surface area (Å²) in [5.41, 5.74) is 0.0977. The number of rotatable bonds is 24. The van der Waals surface area contributed by atoms with E-state index >= 15 is 0 Å². The fourth-order valence-corrected chi connectivity index (χ4v) is 13.6. The molecule has 4 aliphatic rings. The van der Waals surface area contributed by atoms with Gasteiger partial charge in [0.05, 0.1) is 41.4 Å². The third kappa shape index (κ3) is 15.7. The first kappa shape index (κ1) is 59.4. The SMILES string of the molecule is CC(C)(CCO[Si](C)(C)C(C)(C)C)CN(C[C@@H](O)[C@@H](CC(=O)O[C@H]1CO[C@H]2OCC[C@H]21)Cc1ccccc1)S(=O)(=O)c1ccc2c(c1)OCO2.CC(C)CN(CC(C)(C)CCO)S(=O)(=O)c1ccc2c(c1)OCO2. The highest BCUT2D eigenvalue weighted by Crippen LogP contribution is 2.40. The summed E-state index contributed by atoms with van der Waals surface area (Å²) in [6, 6.07) is 18.8. The summed E-state index contributed by atoms with van der Waals surface area (Å²) in [6.07, 6.45) is 0.207. The Morgan fingerprint density at radius 3 is 1.84 bits per heavy atom. The van der Waals surface area contributed by atoms with Crippen LogP contribution < -0.4 is 18.9 Å². The Kier molecular flexibility index (Phi) is 19.8. The quantitative estimate of drug-likeness (QED) is 0.0640. The van der Waals surface area contributed by atoms with Crippen molar-refractivity contribution in [3.63, 3.8) is 0 Å². The van der Waals surface area contributed by atoms with Crippen molar-refractivity contribution in [2.24, 2.45) is 28.6 Å². The van der Waals surface area contributed by atoms with E-state index in [4.69, 9.17) is 37.6 Å². The molecule has 4 heterocycles. The molecule has 0 radical (unpaired) electrons. The highest BCUT2D eigenvalue weighted by molar-refractivity contribution is 7.89. The van der Waals surface area contributed by atoms with E-state index in [9.17, 15) is 31.8 Å². The van der Waals surface area contributed by atoms with Gasteiger partial charge in [-0.15, -0.1) is 0 Å². The van der Waals surface area contributed by atoms with Crippen LogP contribution in [0.25, 0.3) is 0 Å². The van der Waals surface area contributed by atoms with Crippen LogP contribution in [0, 0.1) is 28.6 Å². The number of esters is 1. The van der Waals surface area contributed by atoms with E-state index in [1.54, 1.807) is 18.2 Å². The number of hydrogen-bond donors (Lipinski definition) is 2. The van der Waals surface area contributed by atoms with Crippen molar-refractivity contribution in [1.29, 1.82) is 0 Å². The molecule has 2 N–H and O–H groups in total. The van der Waals surface area contributed by atoms with Gasteiger partial charge in [0.15, 0.2) is 37.6 Å². The van der Waals surface area contributed by atoms with Crippen molar-refractivity contribution < 1.29 is 69.4 Å². The summed E-state index contributed by atoms with van der Waals surface area (Å²) in [6.45, 7) is 25.0. The average molecular weight is 1090 g/mol. The van der Waals surface area contributed by atoms with E-state index in [-0.39, 0.29) is 84.7 Å². The molecule has 0 aromatic heterocycles. The van der Waals surface area contributed by atoms with Gasteiger partial charge >= 0.3 is 5.97 Å². The predicted molar refractivity (Wildman–Crippen MR) is 282 cm³/mol. The molecule has 0 spiro atoms. The van der Waals surface area contributed by atoms with Gasteiger partial charge in [0, 0.05) is 57.4 Å². The fourth-order valence-electron chi connectivity index (χ4n) is 9.09. The number of benzene rings is 3. The fraction of sp³-hybridized carbons (Fsp3) is 0.648. The van der Waals surface area contributed by atoms with Gasteiger partial charge in [-0.2, -0.15) is 8.61 Å². The second kappa shape index (κ2) is 24.7. The topological polar surface area (TPSA) is 206 Å². The van der Waals surface area contributed by atoms with Crippen molar-refractivity contribution in [1.82, 2.24) is 8.61 Å². The molecular formula is C54H82N2O15S2Si. The Morgan fingerprint density at radius 2 is 1.30 bits per heavy atom. The molecule has 7 rings (SSSR count). The maximum atomic E-state index is 14.4. The van der Waals surface area contributed by atoms with Gasteiger partial charge < -0.3 is 47.8 Å². The minimum atomic E-state index is -4.13. The molecule has 2 saturated heterocycles. The molecule has 0 saturated carbocycles. The highest BCUT2D eigenvalue weighted by atomic mass is 32.2. The highest BCUT2D eigenvalue weighted by Gasteiger charge is 2.45. The zero-order chi connectivity index (χ0) is 54.3. The number of aliphatic hydroxyl groups excluding tert-OH is 2. The number of aliphatic hydroxyl groups is 2. The Morgan fingerprint density at radius 1 is 0.757 bits per heavy atom. The first-order chi connectivity index (χ1) is 34.6. The van der Waals surface area contributed by atoms with E-state index in [2.05, 4.69) is 33.9 Å². The molecule has 5 atom stereocenters. The van der Waals surface area contributed by atoms with Gasteiger partial charge in [0.2, 0.25) is 33.6 Å². The first-order valence-electron chi connectivity index (χ1n) is 25.8. The number of carbonyl (C=O) groups excluding carboxylic acids is 1. The molecule has 17 nitrogen and oxygen atoms in total. The van der Waals surface area contributed by atoms with Crippen molar-refractivity contribution in [3.8, 4) is 23.0 Å². The number of nitrogens with zero attached hydrogens (tertiary/aromatic N) is 2. The largest absolute Gasteiger partial charge is 0.459 e. The van der Waals surface area contributed by atoms with Gasteiger partial charge in [-0.3, -0.25) is 4.79 Å². The van der Waals surface area contributed by atoms with Crippen LogP contribution in [-0.2, 0) is 49.9 Å². The molecule has 0 amide bonds. The van der Waals surface area contributed by atoms with Crippen LogP contribution in [-0.4, -0.2) is 135 Å². The van der Waals surface area contributed by atoms with Crippen LogP contribution in [0.4, 0.5) is 0 Å².